The summed E-state index contributed by atoms with van der Waals surface area (Å²) in [6.45, 7) is 4.56. The molecule has 0 unspecified atom stereocenters. The van der Waals surface area contributed by atoms with Gasteiger partial charge in [-0.25, -0.2) is 0 Å². The minimum atomic E-state index is 0.409. The summed E-state index contributed by atoms with van der Waals surface area (Å²) >= 11 is 0. The van der Waals surface area contributed by atoms with E-state index in [0.29, 0.717) is 23.0 Å². The molecule has 2 fully saturated rings. The predicted molar refractivity (Wildman–Crippen MR) is 164 cm³/mol. The minimum Gasteiger partial charge on any atom is -0.192 e. The van der Waals surface area contributed by atoms with Gasteiger partial charge < -0.3 is 0 Å². The summed E-state index contributed by atoms with van der Waals surface area (Å²) in [5.74, 6) is 2.84. The Morgan fingerprint density at radius 1 is 0.590 bits per heavy atom. The van der Waals surface area contributed by atoms with E-state index >= 15 is 0 Å². The second-order valence-electron chi connectivity index (χ2n) is 12.6. The van der Waals surface area contributed by atoms with Crippen molar-refractivity contribution >= 4 is 0 Å². The van der Waals surface area contributed by atoms with E-state index in [1.165, 1.54) is 102 Å². The largest absolute Gasteiger partial charge is 0.192 e. The van der Waals surface area contributed by atoms with Crippen LogP contribution >= 0.6 is 0 Å². The van der Waals surface area contributed by atoms with E-state index in [1.54, 1.807) is 0 Å². The Hall–Kier alpha value is -2.58. The maximum Gasteiger partial charge on any atom is 0.101 e. The van der Waals surface area contributed by atoms with Gasteiger partial charge in [-0.1, -0.05) is 108 Å². The first-order valence-corrected chi connectivity index (χ1v) is 16.3. The summed E-state index contributed by atoms with van der Waals surface area (Å²) in [4.78, 5) is 0. The maximum absolute atomic E-state index is 10.2. The zero-order valence-corrected chi connectivity index (χ0v) is 24.7. The Balaban J connectivity index is 1.40. The molecule has 208 valence electrons. The molecule has 0 N–H and O–H groups in total. The van der Waals surface area contributed by atoms with Crippen molar-refractivity contribution in [2.45, 2.75) is 135 Å². The van der Waals surface area contributed by atoms with Gasteiger partial charge in [0, 0.05) is 5.56 Å². The Bertz CT molecular complexity index is 1100. The Morgan fingerprint density at radius 3 is 1.69 bits per heavy atom. The van der Waals surface area contributed by atoms with Gasteiger partial charge in [0.15, 0.2) is 0 Å². The molecule has 2 aromatic rings. The molecule has 2 aliphatic carbocycles. The molecule has 2 aliphatic rings. The van der Waals surface area contributed by atoms with Gasteiger partial charge >= 0.3 is 0 Å². The number of rotatable bonds is 12. The molecular weight excluding hydrogens is 472 g/mol. The molecule has 0 radical (unpaired) electrons. The van der Waals surface area contributed by atoms with E-state index in [9.17, 15) is 10.5 Å². The summed E-state index contributed by atoms with van der Waals surface area (Å²) < 4.78 is 0. The van der Waals surface area contributed by atoms with Gasteiger partial charge in [-0.05, 0) is 91.7 Å². The molecular formula is C37H50N2. The molecule has 0 amide bonds. The molecule has 2 heteroatoms. The van der Waals surface area contributed by atoms with Crippen molar-refractivity contribution in [1.29, 1.82) is 10.5 Å². The van der Waals surface area contributed by atoms with Crippen LogP contribution in [0.15, 0.2) is 36.4 Å². The van der Waals surface area contributed by atoms with E-state index in [1.807, 2.05) is 0 Å². The molecule has 0 bridgehead atoms. The maximum atomic E-state index is 10.2. The van der Waals surface area contributed by atoms with Crippen LogP contribution in [0.5, 0.6) is 0 Å². The third-order valence-electron chi connectivity index (χ3n) is 9.97. The smallest absolute Gasteiger partial charge is 0.101 e. The fourth-order valence-electron chi connectivity index (χ4n) is 7.46. The quantitative estimate of drug-likeness (QED) is 0.260. The van der Waals surface area contributed by atoms with E-state index in [0.717, 1.165) is 41.4 Å². The van der Waals surface area contributed by atoms with Gasteiger partial charge in [-0.3, -0.25) is 0 Å². The van der Waals surface area contributed by atoms with Gasteiger partial charge in [0.25, 0.3) is 0 Å². The highest BCUT2D eigenvalue weighted by Crippen LogP contribution is 2.42. The van der Waals surface area contributed by atoms with E-state index in [2.05, 4.69) is 62.4 Å². The van der Waals surface area contributed by atoms with Crippen molar-refractivity contribution in [2.24, 2.45) is 11.8 Å². The van der Waals surface area contributed by atoms with Crippen LogP contribution in [0, 0.1) is 34.5 Å². The van der Waals surface area contributed by atoms with E-state index in [-0.39, 0.29) is 0 Å². The molecule has 0 spiro atoms. The SMILES string of the molecule is CCCCCCC1CCC(c2ccc(-c3ccc(C4CCC(CCCCC)CC4)cc3)c(C#N)c2C#N)CC1. The summed E-state index contributed by atoms with van der Waals surface area (Å²) in [5.41, 5.74) is 5.70. The van der Waals surface area contributed by atoms with Crippen LogP contribution in [0.2, 0.25) is 0 Å². The first kappa shape index (κ1) is 29.4. The molecule has 2 aromatic carbocycles. The first-order valence-electron chi connectivity index (χ1n) is 16.3. The van der Waals surface area contributed by atoms with Crippen molar-refractivity contribution in [2.75, 3.05) is 0 Å². The van der Waals surface area contributed by atoms with Crippen LogP contribution in [0.4, 0.5) is 0 Å². The molecule has 39 heavy (non-hydrogen) atoms. The molecule has 2 nitrogen and oxygen atoms in total. The van der Waals surface area contributed by atoms with Crippen molar-refractivity contribution < 1.29 is 0 Å². The molecule has 0 aliphatic heterocycles. The summed E-state index contributed by atoms with van der Waals surface area (Å²) in [6.07, 6.45) is 22.4. The highest BCUT2D eigenvalue weighted by Gasteiger charge is 2.26. The van der Waals surface area contributed by atoms with E-state index in [4.69, 9.17) is 0 Å². The van der Waals surface area contributed by atoms with Crippen LogP contribution in [0.25, 0.3) is 11.1 Å². The Morgan fingerprint density at radius 2 is 1.13 bits per heavy atom. The fourth-order valence-corrected chi connectivity index (χ4v) is 7.46. The number of hydrogen-bond acceptors (Lipinski definition) is 2. The number of nitriles is 2. The highest BCUT2D eigenvalue weighted by molar-refractivity contribution is 5.75. The number of unbranched alkanes of at least 4 members (excludes halogenated alkanes) is 5. The summed E-state index contributed by atoms with van der Waals surface area (Å²) in [5, 5.41) is 20.3. The molecule has 0 aromatic heterocycles. The monoisotopic (exact) mass is 522 g/mol. The standard InChI is InChI=1S/C37H50N2/c1-3-5-7-9-11-29-14-18-32(19-15-29)34-24-25-35(37(27-39)36(34)26-38)33-22-20-31(21-23-33)30-16-12-28(13-17-30)10-8-6-4-2/h20-25,28-30,32H,3-19H2,1-2H3. The zero-order valence-electron chi connectivity index (χ0n) is 24.7. The second kappa shape index (κ2) is 15.3. The average molecular weight is 523 g/mol. The van der Waals surface area contributed by atoms with Gasteiger partial charge in [0.05, 0.1) is 11.1 Å². The average Bonchev–Trinajstić information content (AvgIpc) is 2.99. The number of hydrogen-bond donors (Lipinski definition) is 0. The van der Waals surface area contributed by atoms with Gasteiger partial charge in [-0.15, -0.1) is 0 Å². The van der Waals surface area contributed by atoms with Gasteiger partial charge in [0.1, 0.15) is 12.1 Å². The van der Waals surface area contributed by atoms with Crippen molar-refractivity contribution in [1.82, 2.24) is 0 Å². The van der Waals surface area contributed by atoms with Crippen LogP contribution in [0.3, 0.4) is 0 Å². The lowest BCUT2D eigenvalue weighted by Gasteiger charge is -2.30. The predicted octanol–water partition coefficient (Wildman–Crippen LogP) is 11.2. The fraction of sp³-hybridized carbons (Fsp3) is 0.622. The summed E-state index contributed by atoms with van der Waals surface area (Å²) in [7, 11) is 0. The third kappa shape index (κ3) is 7.76. The van der Waals surface area contributed by atoms with Crippen molar-refractivity contribution in [3.63, 3.8) is 0 Å². The molecule has 0 heterocycles. The third-order valence-corrected chi connectivity index (χ3v) is 9.97. The first-order chi connectivity index (χ1) is 19.2. The summed E-state index contributed by atoms with van der Waals surface area (Å²) in [6, 6.07) is 18.1. The van der Waals surface area contributed by atoms with Gasteiger partial charge in [-0.2, -0.15) is 10.5 Å². The normalized spacial score (nSPS) is 23.2. The zero-order chi connectivity index (χ0) is 27.5. The lowest BCUT2D eigenvalue weighted by molar-refractivity contribution is 0.302. The van der Waals surface area contributed by atoms with Gasteiger partial charge in [0.2, 0.25) is 0 Å². The van der Waals surface area contributed by atoms with Crippen LogP contribution < -0.4 is 0 Å². The molecule has 0 atom stereocenters. The van der Waals surface area contributed by atoms with Crippen LogP contribution in [-0.4, -0.2) is 0 Å². The lowest BCUT2D eigenvalue weighted by atomic mass is 9.75. The lowest BCUT2D eigenvalue weighted by Crippen LogP contribution is -2.15. The number of nitrogens with zero attached hydrogens (tertiary/aromatic N) is 2. The second-order valence-corrected chi connectivity index (χ2v) is 12.6. The molecule has 0 saturated heterocycles. The van der Waals surface area contributed by atoms with Crippen molar-refractivity contribution in [3.8, 4) is 23.3 Å². The Kier molecular flexibility index (Phi) is 11.5. The van der Waals surface area contributed by atoms with Crippen molar-refractivity contribution in [3.05, 3.63) is 58.7 Å². The topological polar surface area (TPSA) is 47.6 Å². The Labute approximate surface area is 238 Å². The molecule has 2 saturated carbocycles. The number of benzene rings is 2. The minimum absolute atomic E-state index is 0.409. The molecule has 4 rings (SSSR count). The van der Waals surface area contributed by atoms with Crippen LogP contribution in [0.1, 0.15) is 157 Å². The van der Waals surface area contributed by atoms with E-state index < -0.39 is 0 Å². The van der Waals surface area contributed by atoms with Crippen LogP contribution in [-0.2, 0) is 0 Å². The highest BCUT2D eigenvalue weighted by atomic mass is 14.3.